The Morgan fingerprint density at radius 1 is 1.33 bits per heavy atom. The van der Waals surface area contributed by atoms with Crippen LogP contribution in [0.3, 0.4) is 0 Å². The third kappa shape index (κ3) is 4.89. The zero-order valence-electron chi connectivity index (χ0n) is 9.28. The van der Waals surface area contributed by atoms with Gasteiger partial charge in [-0.15, -0.1) is 0 Å². The monoisotopic (exact) mass is 218 g/mol. The highest BCUT2D eigenvalue weighted by atomic mass is 32.2. The first-order valence-electron chi connectivity index (χ1n) is 5.42. The molecule has 0 saturated carbocycles. The van der Waals surface area contributed by atoms with Crippen LogP contribution in [0.1, 0.15) is 26.2 Å². The largest absolute Gasteiger partial charge is 0.0980 e. The van der Waals surface area contributed by atoms with Crippen molar-refractivity contribution in [2.45, 2.75) is 31.1 Å². The molecular formula is C14H18S. The van der Waals surface area contributed by atoms with E-state index in [1.165, 1.54) is 22.6 Å². The molecule has 0 spiro atoms. The molecule has 0 aliphatic carbocycles. The van der Waals surface area contributed by atoms with Crippen LogP contribution < -0.4 is 0 Å². The van der Waals surface area contributed by atoms with Gasteiger partial charge in [0.25, 0.3) is 0 Å². The van der Waals surface area contributed by atoms with Crippen molar-refractivity contribution in [2.24, 2.45) is 0 Å². The lowest BCUT2D eigenvalue weighted by atomic mass is 10.2. The summed E-state index contributed by atoms with van der Waals surface area (Å²) in [6.45, 7) is 6.06. The standard InChI is InChI=1S/C14H18S/c1-3-5-7-10-13(4-2)15-14-11-8-6-9-12-14/h4,6,8-12H,2-3,5,7H2,1H3/b13-10-. The molecule has 0 aliphatic heterocycles. The van der Waals surface area contributed by atoms with Crippen molar-refractivity contribution in [3.8, 4) is 0 Å². The van der Waals surface area contributed by atoms with Crippen LogP contribution in [0.15, 0.2) is 58.9 Å². The number of allylic oxidation sites excluding steroid dienone is 2. The van der Waals surface area contributed by atoms with Gasteiger partial charge in [0.2, 0.25) is 0 Å². The first-order valence-corrected chi connectivity index (χ1v) is 6.24. The van der Waals surface area contributed by atoms with Crippen molar-refractivity contribution < 1.29 is 0 Å². The van der Waals surface area contributed by atoms with Crippen LogP contribution in [-0.2, 0) is 0 Å². The summed E-state index contributed by atoms with van der Waals surface area (Å²) in [5.74, 6) is 0. The van der Waals surface area contributed by atoms with Crippen molar-refractivity contribution in [3.05, 3.63) is 54.0 Å². The zero-order valence-corrected chi connectivity index (χ0v) is 10.1. The molecule has 15 heavy (non-hydrogen) atoms. The Hall–Kier alpha value is -0.950. The van der Waals surface area contributed by atoms with Crippen LogP contribution in [0.5, 0.6) is 0 Å². The van der Waals surface area contributed by atoms with Gasteiger partial charge >= 0.3 is 0 Å². The minimum absolute atomic E-state index is 1.15. The highest BCUT2D eigenvalue weighted by Crippen LogP contribution is 2.27. The minimum atomic E-state index is 1.15. The van der Waals surface area contributed by atoms with Crippen LogP contribution in [0, 0.1) is 0 Å². The average molecular weight is 218 g/mol. The minimum Gasteiger partial charge on any atom is -0.0980 e. The molecule has 1 aromatic rings. The smallest absolute Gasteiger partial charge is 0.0122 e. The second-order valence-electron chi connectivity index (χ2n) is 3.37. The predicted octanol–water partition coefficient (Wildman–Crippen LogP) is 5.04. The van der Waals surface area contributed by atoms with E-state index in [1.807, 2.05) is 12.1 Å². The second kappa shape index (κ2) is 7.36. The number of benzene rings is 1. The molecule has 0 amide bonds. The fourth-order valence-electron chi connectivity index (χ4n) is 1.24. The molecule has 0 radical (unpaired) electrons. The second-order valence-corrected chi connectivity index (χ2v) is 4.51. The number of hydrogen-bond acceptors (Lipinski definition) is 1. The molecule has 0 fully saturated rings. The lowest BCUT2D eigenvalue weighted by molar-refractivity contribution is 0.814. The van der Waals surface area contributed by atoms with Crippen molar-refractivity contribution in [1.82, 2.24) is 0 Å². The number of thioether (sulfide) groups is 1. The van der Waals surface area contributed by atoms with Crippen LogP contribution in [0.2, 0.25) is 0 Å². The maximum Gasteiger partial charge on any atom is 0.0122 e. The fraction of sp³-hybridized carbons (Fsp3) is 0.286. The highest BCUT2D eigenvalue weighted by molar-refractivity contribution is 8.03. The lowest BCUT2D eigenvalue weighted by Crippen LogP contribution is -1.74. The Kier molecular flexibility index (Phi) is 5.94. The molecule has 1 rings (SSSR count). The lowest BCUT2D eigenvalue weighted by Gasteiger charge is -2.01. The van der Waals surface area contributed by atoms with Gasteiger partial charge in [-0.1, -0.05) is 68.5 Å². The molecular weight excluding hydrogens is 200 g/mol. The molecule has 0 saturated heterocycles. The fourth-order valence-corrected chi connectivity index (χ4v) is 2.09. The topological polar surface area (TPSA) is 0 Å². The van der Waals surface area contributed by atoms with Crippen LogP contribution in [-0.4, -0.2) is 0 Å². The van der Waals surface area contributed by atoms with Crippen molar-refractivity contribution in [1.29, 1.82) is 0 Å². The van der Waals surface area contributed by atoms with Gasteiger partial charge in [-0.2, -0.15) is 0 Å². The van der Waals surface area contributed by atoms with E-state index in [1.54, 1.807) is 11.8 Å². The van der Waals surface area contributed by atoms with E-state index >= 15 is 0 Å². The van der Waals surface area contributed by atoms with Gasteiger partial charge in [-0.3, -0.25) is 0 Å². The molecule has 80 valence electrons. The molecule has 0 N–H and O–H groups in total. The van der Waals surface area contributed by atoms with Gasteiger partial charge in [0.05, 0.1) is 0 Å². The summed E-state index contributed by atoms with van der Waals surface area (Å²) in [6.07, 6.45) is 7.86. The van der Waals surface area contributed by atoms with E-state index < -0.39 is 0 Å². The number of hydrogen-bond donors (Lipinski definition) is 0. The number of rotatable bonds is 6. The van der Waals surface area contributed by atoms with Gasteiger partial charge in [0.15, 0.2) is 0 Å². The van der Waals surface area contributed by atoms with Crippen molar-refractivity contribution in [2.75, 3.05) is 0 Å². The summed E-state index contributed by atoms with van der Waals surface area (Å²) in [5, 5.41) is 0. The van der Waals surface area contributed by atoms with Gasteiger partial charge in [0, 0.05) is 9.80 Å². The van der Waals surface area contributed by atoms with E-state index in [4.69, 9.17) is 0 Å². The predicted molar refractivity (Wildman–Crippen MR) is 70.1 cm³/mol. The Labute approximate surface area is 97.1 Å². The molecule has 0 aromatic heterocycles. The molecule has 0 aliphatic rings. The molecule has 0 atom stereocenters. The third-order valence-electron chi connectivity index (χ3n) is 2.08. The molecule has 0 nitrogen and oxygen atoms in total. The molecule has 0 heterocycles. The van der Waals surface area contributed by atoms with Crippen LogP contribution in [0.25, 0.3) is 0 Å². The summed E-state index contributed by atoms with van der Waals surface area (Å²) in [5.41, 5.74) is 0. The summed E-state index contributed by atoms with van der Waals surface area (Å²) >= 11 is 1.78. The van der Waals surface area contributed by atoms with Crippen molar-refractivity contribution >= 4 is 11.8 Å². The van der Waals surface area contributed by atoms with E-state index in [9.17, 15) is 0 Å². The summed E-state index contributed by atoms with van der Waals surface area (Å²) < 4.78 is 0. The maximum absolute atomic E-state index is 3.85. The van der Waals surface area contributed by atoms with E-state index in [2.05, 4.69) is 43.8 Å². The Morgan fingerprint density at radius 3 is 2.67 bits per heavy atom. The zero-order chi connectivity index (χ0) is 10.9. The third-order valence-corrected chi connectivity index (χ3v) is 3.16. The van der Waals surface area contributed by atoms with Crippen LogP contribution in [0.4, 0.5) is 0 Å². The molecule has 1 aromatic carbocycles. The summed E-state index contributed by atoms with van der Waals surface area (Å²) in [7, 11) is 0. The quantitative estimate of drug-likeness (QED) is 0.366. The summed E-state index contributed by atoms with van der Waals surface area (Å²) in [4.78, 5) is 2.54. The first kappa shape index (κ1) is 12.1. The first-order chi connectivity index (χ1) is 7.36. The average Bonchev–Trinajstić information content (AvgIpc) is 2.29. The maximum atomic E-state index is 3.85. The SMILES string of the molecule is C=C/C(=C/CCCC)Sc1ccccc1. The number of unbranched alkanes of at least 4 members (excludes halogenated alkanes) is 2. The molecule has 0 unspecified atom stereocenters. The highest BCUT2D eigenvalue weighted by Gasteiger charge is 1.95. The van der Waals surface area contributed by atoms with Gasteiger partial charge in [0.1, 0.15) is 0 Å². The summed E-state index contributed by atoms with van der Waals surface area (Å²) in [6, 6.07) is 10.4. The van der Waals surface area contributed by atoms with E-state index in [-0.39, 0.29) is 0 Å². The Morgan fingerprint density at radius 2 is 2.07 bits per heavy atom. The molecule has 0 bridgehead atoms. The normalized spacial score (nSPS) is 11.4. The van der Waals surface area contributed by atoms with Gasteiger partial charge in [-0.25, -0.2) is 0 Å². The van der Waals surface area contributed by atoms with E-state index in [0.717, 1.165) is 6.42 Å². The van der Waals surface area contributed by atoms with Crippen molar-refractivity contribution in [3.63, 3.8) is 0 Å². The Bertz CT molecular complexity index is 311. The van der Waals surface area contributed by atoms with Crippen LogP contribution >= 0.6 is 11.8 Å². The molecule has 1 heteroatoms. The Balaban J connectivity index is 2.54. The van der Waals surface area contributed by atoms with Gasteiger partial charge < -0.3 is 0 Å². The van der Waals surface area contributed by atoms with Gasteiger partial charge in [-0.05, 0) is 18.6 Å². The van der Waals surface area contributed by atoms with E-state index in [0.29, 0.717) is 0 Å².